The zero-order valence-corrected chi connectivity index (χ0v) is 14.8. The van der Waals surface area contributed by atoms with Crippen LogP contribution in [0.15, 0.2) is 18.2 Å². The lowest BCUT2D eigenvalue weighted by atomic mass is 9.80. The maximum absolute atomic E-state index is 12.9. The van der Waals surface area contributed by atoms with Gasteiger partial charge in [-0.15, -0.1) is 5.10 Å². The fourth-order valence-corrected chi connectivity index (χ4v) is 3.80. The second-order valence-electron chi connectivity index (χ2n) is 7.21. The standard InChI is InChI=1S/C17H19N5O4/c1-16(2)9-17(6-7-26-16)15-19-20-21-22(15)12-8-10(14(24)25-3)4-5-11(12)13(23)18-17/h4-5,8H,6-7,9H2,1-3H3,(H,18,23)/t17-/m1/s1. The molecule has 2 aromatic rings. The van der Waals surface area contributed by atoms with Gasteiger partial charge < -0.3 is 14.8 Å². The number of tetrazole rings is 1. The summed E-state index contributed by atoms with van der Waals surface area (Å²) in [7, 11) is 1.31. The third-order valence-corrected chi connectivity index (χ3v) is 4.89. The lowest BCUT2D eigenvalue weighted by Crippen LogP contribution is -2.54. The van der Waals surface area contributed by atoms with Crippen LogP contribution < -0.4 is 5.32 Å². The Bertz CT molecular complexity index is 906. The maximum atomic E-state index is 12.9. The van der Waals surface area contributed by atoms with Crippen LogP contribution in [0.25, 0.3) is 5.69 Å². The Labute approximate surface area is 149 Å². The summed E-state index contributed by atoms with van der Waals surface area (Å²) in [5.41, 5.74) is -0.00861. The average molecular weight is 357 g/mol. The van der Waals surface area contributed by atoms with Crippen molar-refractivity contribution in [2.45, 2.75) is 37.8 Å². The summed E-state index contributed by atoms with van der Waals surface area (Å²) in [4.78, 5) is 24.8. The van der Waals surface area contributed by atoms with E-state index in [0.29, 0.717) is 42.1 Å². The van der Waals surface area contributed by atoms with Crippen LogP contribution in [0.5, 0.6) is 0 Å². The molecule has 0 bridgehead atoms. The molecule has 26 heavy (non-hydrogen) atoms. The van der Waals surface area contributed by atoms with Gasteiger partial charge in [0.1, 0.15) is 5.54 Å². The Morgan fingerprint density at radius 1 is 1.38 bits per heavy atom. The predicted octanol–water partition coefficient (Wildman–Crippen LogP) is 0.977. The van der Waals surface area contributed by atoms with E-state index in [2.05, 4.69) is 20.8 Å². The zero-order valence-electron chi connectivity index (χ0n) is 14.8. The van der Waals surface area contributed by atoms with Crippen LogP contribution >= 0.6 is 0 Å². The molecule has 1 saturated heterocycles. The zero-order chi connectivity index (χ0) is 18.5. The summed E-state index contributed by atoms with van der Waals surface area (Å²) in [6.45, 7) is 4.42. The van der Waals surface area contributed by atoms with Crippen molar-refractivity contribution in [3.63, 3.8) is 0 Å². The van der Waals surface area contributed by atoms with Gasteiger partial charge in [-0.05, 0) is 42.5 Å². The van der Waals surface area contributed by atoms with Gasteiger partial charge in [-0.3, -0.25) is 4.79 Å². The van der Waals surface area contributed by atoms with Crippen molar-refractivity contribution in [2.75, 3.05) is 13.7 Å². The van der Waals surface area contributed by atoms with Crippen LogP contribution in [0, 0.1) is 0 Å². The van der Waals surface area contributed by atoms with Gasteiger partial charge >= 0.3 is 5.97 Å². The first kappa shape index (κ1) is 16.6. The highest BCUT2D eigenvalue weighted by molar-refractivity contribution is 6.00. The normalized spacial score (nSPS) is 23.6. The number of esters is 1. The van der Waals surface area contributed by atoms with Crippen molar-refractivity contribution in [2.24, 2.45) is 0 Å². The second-order valence-corrected chi connectivity index (χ2v) is 7.21. The Morgan fingerprint density at radius 2 is 2.19 bits per heavy atom. The molecule has 9 heteroatoms. The number of carbonyl (C=O) groups is 2. The number of fused-ring (bicyclic) bond motifs is 4. The van der Waals surface area contributed by atoms with Crippen molar-refractivity contribution >= 4 is 11.9 Å². The molecule has 3 heterocycles. The van der Waals surface area contributed by atoms with Crippen molar-refractivity contribution in [1.29, 1.82) is 0 Å². The Morgan fingerprint density at radius 3 is 2.92 bits per heavy atom. The number of aromatic nitrogens is 4. The Kier molecular flexibility index (Phi) is 3.58. The SMILES string of the molecule is COC(=O)c1ccc2c(c1)-n1nnnc1[C@]1(CCOC(C)(C)C1)NC2=O. The summed E-state index contributed by atoms with van der Waals surface area (Å²) < 4.78 is 12.1. The van der Waals surface area contributed by atoms with E-state index < -0.39 is 17.1 Å². The number of amides is 1. The van der Waals surface area contributed by atoms with E-state index in [9.17, 15) is 9.59 Å². The number of hydrogen-bond acceptors (Lipinski definition) is 7. The topological polar surface area (TPSA) is 108 Å². The minimum Gasteiger partial charge on any atom is -0.465 e. The van der Waals surface area contributed by atoms with E-state index in [0.717, 1.165) is 0 Å². The van der Waals surface area contributed by atoms with Gasteiger partial charge in [0.25, 0.3) is 5.91 Å². The van der Waals surface area contributed by atoms with Gasteiger partial charge in [0.2, 0.25) is 0 Å². The fraction of sp³-hybridized carbons (Fsp3) is 0.471. The number of nitrogens with zero attached hydrogens (tertiary/aromatic N) is 4. The van der Waals surface area contributed by atoms with E-state index in [1.807, 2.05) is 13.8 Å². The number of rotatable bonds is 1. The molecule has 1 aromatic heterocycles. The molecular formula is C17H19N5O4. The molecule has 1 atom stereocenters. The minimum absolute atomic E-state index is 0.249. The molecule has 1 fully saturated rings. The molecule has 136 valence electrons. The number of ether oxygens (including phenoxy) is 2. The number of nitrogens with one attached hydrogen (secondary N) is 1. The lowest BCUT2D eigenvalue weighted by Gasteiger charge is -2.43. The lowest BCUT2D eigenvalue weighted by molar-refractivity contribution is -0.0894. The molecule has 4 rings (SSSR count). The van der Waals surface area contributed by atoms with Crippen molar-refractivity contribution < 1.29 is 19.1 Å². The third kappa shape index (κ3) is 2.47. The highest BCUT2D eigenvalue weighted by Crippen LogP contribution is 2.41. The molecule has 0 unspecified atom stereocenters. The van der Waals surface area contributed by atoms with Crippen LogP contribution in [-0.4, -0.2) is 51.4 Å². The molecule has 0 radical (unpaired) electrons. The van der Waals surface area contributed by atoms with Crippen molar-refractivity contribution in [3.8, 4) is 5.69 Å². The first-order chi connectivity index (χ1) is 12.4. The predicted molar refractivity (Wildman–Crippen MR) is 88.9 cm³/mol. The number of carbonyl (C=O) groups excluding carboxylic acids is 2. The molecule has 2 aliphatic heterocycles. The molecule has 0 saturated carbocycles. The van der Waals surface area contributed by atoms with Crippen LogP contribution in [0.2, 0.25) is 0 Å². The molecule has 2 aliphatic rings. The van der Waals surface area contributed by atoms with E-state index in [-0.39, 0.29) is 5.91 Å². The van der Waals surface area contributed by atoms with Gasteiger partial charge in [0.05, 0.1) is 29.5 Å². The van der Waals surface area contributed by atoms with Gasteiger partial charge in [-0.2, -0.15) is 4.68 Å². The van der Waals surface area contributed by atoms with E-state index in [1.165, 1.54) is 11.8 Å². The molecule has 0 aliphatic carbocycles. The molecule has 1 spiro atoms. The summed E-state index contributed by atoms with van der Waals surface area (Å²) >= 11 is 0. The van der Waals surface area contributed by atoms with Gasteiger partial charge in [0, 0.05) is 19.4 Å². The Hall–Kier alpha value is -2.81. The molecule has 9 nitrogen and oxygen atoms in total. The number of benzene rings is 1. The van der Waals surface area contributed by atoms with Gasteiger partial charge in [-0.25, -0.2) is 4.79 Å². The highest BCUT2D eigenvalue weighted by atomic mass is 16.5. The fourth-order valence-electron chi connectivity index (χ4n) is 3.80. The molecular weight excluding hydrogens is 338 g/mol. The van der Waals surface area contributed by atoms with Crippen LogP contribution in [0.3, 0.4) is 0 Å². The summed E-state index contributed by atoms with van der Waals surface area (Å²) in [5, 5.41) is 15.2. The van der Waals surface area contributed by atoms with E-state index in [4.69, 9.17) is 9.47 Å². The van der Waals surface area contributed by atoms with Gasteiger partial charge in [-0.1, -0.05) is 0 Å². The van der Waals surface area contributed by atoms with Gasteiger partial charge in [0.15, 0.2) is 5.82 Å². The first-order valence-corrected chi connectivity index (χ1v) is 8.33. The monoisotopic (exact) mass is 357 g/mol. The number of methoxy groups -OCH3 is 1. The minimum atomic E-state index is -0.743. The smallest absolute Gasteiger partial charge is 0.337 e. The van der Waals surface area contributed by atoms with Crippen LogP contribution in [-0.2, 0) is 15.0 Å². The number of hydrogen-bond donors (Lipinski definition) is 1. The van der Waals surface area contributed by atoms with Crippen LogP contribution in [0.4, 0.5) is 0 Å². The van der Waals surface area contributed by atoms with Crippen LogP contribution in [0.1, 0.15) is 53.2 Å². The second kappa shape index (κ2) is 5.60. The van der Waals surface area contributed by atoms with E-state index >= 15 is 0 Å². The largest absolute Gasteiger partial charge is 0.465 e. The average Bonchev–Trinajstić information content (AvgIpc) is 3.07. The van der Waals surface area contributed by atoms with Crippen molar-refractivity contribution in [3.05, 3.63) is 35.2 Å². The summed E-state index contributed by atoms with van der Waals surface area (Å²) in [6, 6.07) is 4.72. The third-order valence-electron chi connectivity index (χ3n) is 4.89. The maximum Gasteiger partial charge on any atom is 0.337 e. The summed E-state index contributed by atoms with van der Waals surface area (Å²) in [6.07, 6.45) is 1.09. The summed E-state index contributed by atoms with van der Waals surface area (Å²) in [5.74, 6) is -0.210. The highest BCUT2D eigenvalue weighted by Gasteiger charge is 2.49. The van der Waals surface area contributed by atoms with Crippen molar-refractivity contribution in [1.82, 2.24) is 25.5 Å². The first-order valence-electron chi connectivity index (χ1n) is 8.33. The molecule has 1 aromatic carbocycles. The Balaban J connectivity index is 1.90. The quantitative estimate of drug-likeness (QED) is 0.758. The molecule has 1 N–H and O–H groups in total. The van der Waals surface area contributed by atoms with E-state index in [1.54, 1.807) is 18.2 Å². The molecule has 1 amide bonds.